The summed E-state index contributed by atoms with van der Waals surface area (Å²) in [6.07, 6.45) is 1.91. The predicted molar refractivity (Wildman–Crippen MR) is 56.3 cm³/mol. The van der Waals surface area contributed by atoms with Crippen LogP contribution in [0.25, 0.3) is 0 Å². The van der Waals surface area contributed by atoms with Gasteiger partial charge in [-0.2, -0.15) is 0 Å². The van der Waals surface area contributed by atoms with Crippen LogP contribution in [0.5, 0.6) is 0 Å². The molecule has 0 bridgehead atoms. The van der Waals surface area contributed by atoms with E-state index in [0.717, 1.165) is 12.5 Å². The molecule has 0 aromatic carbocycles. The SMILES string of the molecule is C=CCNC(C)(C)C(C)C(C)C. The van der Waals surface area contributed by atoms with Crippen LogP contribution in [0.15, 0.2) is 12.7 Å². The maximum Gasteiger partial charge on any atom is 0.0156 e. The van der Waals surface area contributed by atoms with Crippen LogP contribution in [0, 0.1) is 11.8 Å². The molecule has 72 valence electrons. The van der Waals surface area contributed by atoms with E-state index in [2.05, 4.69) is 46.5 Å². The molecule has 0 spiro atoms. The lowest BCUT2D eigenvalue weighted by Gasteiger charge is -2.35. The van der Waals surface area contributed by atoms with Crippen molar-refractivity contribution in [2.75, 3.05) is 6.54 Å². The Morgan fingerprint density at radius 2 is 1.83 bits per heavy atom. The Labute approximate surface area is 77.2 Å². The summed E-state index contributed by atoms with van der Waals surface area (Å²) in [5.41, 5.74) is 0.211. The van der Waals surface area contributed by atoms with Crippen molar-refractivity contribution in [3.8, 4) is 0 Å². The molecule has 1 N–H and O–H groups in total. The van der Waals surface area contributed by atoms with Gasteiger partial charge in [0.05, 0.1) is 0 Å². The molecule has 0 fully saturated rings. The van der Waals surface area contributed by atoms with E-state index >= 15 is 0 Å². The lowest BCUT2D eigenvalue weighted by Crippen LogP contribution is -2.46. The van der Waals surface area contributed by atoms with Gasteiger partial charge in [0, 0.05) is 12.1 Å². The second-order valence-electron chi connectivity index (χ2n) is 4.42. The molecule has 1 atom stereocenters. The van der Waals surface area contributed by atoms with E-state index in [0.29, 0.717) is 5.92 Å². The molecule has 1 nitrogen and oxygen atoms in total. The summed E-state index contributed by atoms with van der Waals surface area (Å²) in [5.74, 6) is 1.40. The van der Waals surface area contributed by atoms with E-state index in [9.17, 15) is 0 Å². The maximum absolute atomic E-state index is 3.71. The minimum Gasteiger partial charge on any atom is -0.308 e. The van der Waals surface area contributed by atoms with Gasteiger partial charge in [0.1, 0.15) is 0 Å². The second kappa shape index (κ2) is 4.66. The van der Waals surface area contributed by atoms with Gasteiger partial charge in [0.15, 0.2) is 0 Å². The molecule has 0 aliphatic carbocycles. The molecule has 1 unspecified atom stereocenters. The van der Waals surface area contributed by atoms with Crippen LogP contribution in [0.2, 0.25) is 0 Å². The summed E-state index contributed by atoms with van der Waals surface area (Å²) in [5, 5.41) is 3.47. The molecule has 0 rings (SSSR count). The van der Waals surface area contributed by atoms with Gasteiger partial charge >= 0.3 is 0 Å². The Balaban J connectivity index is 4.07. The van der Waals surface area contributed by atoms with Crippen molar-refractivity contribution in [1.29, 1.82) is 0 Å². The third-order valence-electron chi connectivity index (χ3n) is 2.84. The van der Waals surface area contributed by atoms with E-state index in [4.69, 9.17) is 0 Å². The Kier molecular flexibility index (Phi) is 4.54. The standard InChI is InChI=1S/C11H23N/c1-7-8-12-11(5,6)10(4)9(2)3/h7,9-10,12H,1,8H2,2-6H3. The van der Waals surface area contributed by atoms with Crippen molar-refractivity contribution in [2.24, 2.45) is 11.8 Å². The molecule has 0 aromatic rings. The fourth-order valence-corrected chi connectivity index (χ4v) is 1.33. The highest BCUT2D eigenvalue weighted by molar-refractivity contribution is 4.87. The first-order valence-electron chi connectivity index (χ1n) is 4.77. The third kappa shape index (κ3) is 3.40. The summed E-state index contributed by atoms with van der Waals surface area (Å²) in [6, 6.07) is 0. The average Bonchev–Trinajstić information content (AvgIpc) is 1.99. The highest BCUT2D eigenvalue weighted by atomic mass is 15.0. The van der Waals surface area contributed by atoms with Crippen LogP contribution in [0.4, 0.5) is 0 Å². The minimum absolute atomic E-state index is 0.211. The quantitative estimate of drug-likeness (QED) is 0.624. The van der Waals surface area contributed by atoms with E-state index in [1.807, 2.05) is 6.08 Å². The van der Waals surface area contributed by atoms with Crippen molar-refractivity contribution in [1.82, 2.24) is 5.32 Å². The zero-order valence-electron chi connectivity index (χ0n) is 9.15. The van der Waals surface area contributed by atoms with Gasteiger partial charge in [-0.3, -0.25) is 0 Å². The monoisotopic (exact) mass is 169 g/mol. The molecule has 1 heteroatoms. The van der Waals surface area contributed by atoms with Gasteiger partial charge in [-0.15, -0.1) is 6.58 Å². The predicted octanol–water partition coefficient (Wildman–Crippen LogP) is 2.83. The first-order chi connectivity index (χ1) is 5.41. The molecule has 0 aliphatic rings. The van der Waals surface area contributed by atoms with Gasteiger partial charge in [0.2, 0.25) is 0 Å². The van der Waals surface area contributed by atoms with Crippen molar-refractivity contribution in [2.45, 2.75) is 40.2 Å². The molecule has 0 amide bonds. The van der Waals surface area contributed by atoms with E-state index in [1.54, 1.807) is 0 Å². The molecular formula is C11H23N. The Morgan fingerprint density at radius 3 is 2.17 bits per heavy atom. The van der Waals surface area contributed by atoms with Crippen molar-refractivity contribution in [3.63, 3.8) is 0 Å². The van der Waals surface area contributed by atoms with Gasteiger partial charge < -0.3 is 5.32 Å². The third-order valence-corrected chi connectivity index (χ3v) is 2.84. The lowest BCUT2D eigenvalue weighted by atomic mass is 9.81. The highest BCUT2D eigenvalue weighted by Crippen LogP contribution is 2.23. The van der Waals surface area contributed by atoms with Gasteiger partial charge in [-0.25, -0.2) is 0 Å². The lowest BCUT2D eigenvalue weighted by molar-refractivity contribution is 0.220. The number of nitrogens with one attached hydrogen (secondary N) is 1. The molecular weight excluding hydrogens is 146 g/mol. The normalized spacial score (nSPS) is 14.8. The first kappa shape index (κ1) is 11.7. The summed E-state index contributed by atoms with van der Waals surface area (Å²) in [6.45, 7) is 15.9. The maximum atomic E-state index is 3.71. The van der Waals surface area contributed by atoms with Crippen LogP contribution in [0.1, 0.15) is 34.6 Å². The summed E-state index contributed by atoms with van der Waals surface area (Å²) >= 11 is 0. The smallest absolute Gasteiger partial charge is 0.0156 e. The Morgan fingerprint density at radius 1 is 1.33 bits per heavy atom. The van der Waals surface area contributed by atoms with Gasteiger partial charge in [-0.05, 0) is 25.7 Å². The molecule has 0 heterocycles. The number of rotatable bonds is 5. The molecule has 0 saturated carbocycles. The van der Waals surface area contributed by atoms with Crippen LogP contribution in [-0.2, 0) is 0 Å². The zero-order chi connectivity index (χ0) is 9.78. The summed E-state index contributed by atoms with van der Waals surface area (Å²) in [4.78, 5) is 0. The molecule has 0 aromatic heterocycles. The molecule has 0 radical (unpaired) electrons. The number of hydrogen-bond acceptors (Lipinski definition) is 1. The van der Waals surface area contributed by atoms with E-state index < -0.39 is 0 Å². The van der Waals surface area contributed by atoms with Crippen LogP contribution < -0.4 is 5.32 Å². The highest BCUT2D eigenvalue weighted by Gasteiger charge is 2.26. The average molecular weight is 169 g/mol. The first-order valence-corrected chi connectivity index (χ1v) is 4.77. The Hall–Kier alpha value is -0.300. The van der Waals surface area contributed by atoms with E-state index in [1.165, 1.54) is 0 Å². The van der Waals surface area contributed by atoms with Gasteiger partial charge in [0.25, 0.3) is 0 Å². The van der Waals surface area contributed by atoms with Crippen LogP contribution in [0.3, 0.4) is 0 Å². The second-order valence-corrected chi connectivity index (χ2v) is 4.42. The topological polar surface area (TPSA) is 12.0 Å². The summed E-state index contributed by atoms with van der Waals surface area (Å²) < 4.78 is 0. The van der Waals surface area contributed by atoms with Crippen LogP contribution >= 0.6 is 0 Å². The Bertz CT molecular complexity index is 136. The zero-order valence-corrected chi connectivity index (χ0v) is 9.15. The largest absolute Gasteiger partial charge is 0.308 e. The van der Waals surface area contributed by atoms with Crippen LogP contribution in [-0.4, -0.2) is 12.1 Å². The summed E-state index contributed by atoms with van der Waals surface area (Å²) in [7, 11) is 0. The fraction of sp³-hybridized carbons (Fsp3) is 0.818. The minimum atomic E-state index is 0.211. The van der Waals surface area contributed by atoms with Crippen molar-refractivity contribution >= 4 is 0 Å². The van der Waals surface area contributed by atoms with E-state index in [-0.39, 0.29) is 5.54 Å². The van der Waals surface area contributed by atoms with Crippen molar-refractivity contribution < 1.29 is 0 Å². The molecule has 0 aliphatic heterocycles. The van der Waals surface area contributed by atoms with Gasteiger partial charge in [-0.1, -0.05) is 26.8 Å². The fourth-order valence-electron chi connectivity index (χ4n) is 1.33. The molecule has 12 heavy (non-hydrogen) atoms. The van der Waals surface area contributed by atoms with Crippen molar-refractivity contribution in [3.05, 3.63) is 12.7 Å². The molecule has 0 saturated heterocycles. The number of hydrogen-bond donors (Lipinski definition) is 1.